The highest BCUT2D eigenvalue weighted by molar-refractivity contribution is 6.31. The highest BCUT2D eigenvalue weighted by Crippen LogP contribution is 2.32. The first kappa shape index (κ1) is 12.9. The number of rotatable bonds is 3. The number of hydrogen-bond acceptors (Lipinski definition) is 4. The summed E-state index contributed by atoms with van der Waals surface area (Å²) in [4.78, 5) is 7.96. The zero-order valence-corrected chi connectivity index (χ0v) is 11.4. The smallest absolute Gasteiger partial charge is 0.199 e. The van der Waals surface area contributed by atoms with Crippen LogP contribution in [-0.2, 0) is 0 Å². The van der Waals surface area contributed by atoms with Gasteiger partial charge in [0.15, 0.2) is 16.7 Å². The van der Waals surface area contributed by atoms with Gasteiger partial charge in [0.2, 0.25) is 0 Å². The molecule has 94 valence electrons. The van der Waals surface area contributed by atoms with E-state index in [4.69, 9.17) is 27.9 Å². The number of methoxy groups -OCH3 is 1. The van der Waals surface area contributed by atoms with Gasteiger partial charge in [-0.05, 0) is 24.6 Å². The van der Waals surface area contributed by atoms with Crippen LogP contribution in [0.5, 0.6) is 5.75 Å². The van der Waals surface area contributed by atoms with Crippen LogP contribution < -0.4 is 10.1 Å². The van der Waals surface area contributed by atoms with Gasteiger partial charge in [0, 0.05) is 10.7 Å². The zero-order chi connectivity index (χ0) is 13.1. The molecule has 1 heterocycles. The summed E-state index contributed by atoms with van der Waals surface area (Å²) in [5, 5.41) is 4.03. The Morgan fingerprint density at radius 2 is 2.00 bits per heavy atom. The maximum Gasteiger partial charge on any atom is 0.199 e. The van der Waals surface area contributed by atoms with Crippen LogP contribution in [0.1, 0.15) is 5.56 Å². The Bertz CT molecular complexity index is 575. The Hall–Kier alpha value is -1.52. The van der Waals surface area contributed by atoms with Crippen molar-refractivity contribution in [2.45, 2.75) is 6.92 Å². The molecule has 18 heavy (non-hydrogen) atoms. The molecule has 1 aromatic carbocycles. The van der Waals surface area contributed by atoms with Crippen molar-refractivity contribution in [3.8, 4) is 5.75 Å². The Morgan fingerprint density at radius 1 is 1.22 bits per heavy atom. The fourth-order valence-electron chi connectivity index (χ4n) is 1.48. The van der Waals surface area contributed by atoms with E-state index in [0.29, 0.717) is 16.6 Å². The lowest BCUT2D eigenvalue weighted by Gasteiger charge is -2.12. The van der Waals surface area contributed by atoms with Crippen molar-refractivity contribution in [3.63, 3.8) is 0 Å². The van der Waals surface area contributed by atoms with Crippen molar-refractivity contribution in [2.75, 3.05) is 12.4 Å². The van der Waals surface area contributed by atoms with Gasteiger partial charge in [0.25, 0.3) is 0 Å². The van der Waals surface area contributed by atoms with Gasteiger partial charge >= 0.3 is 0 Å². The molecular formula is C12H11Cl2N3O. The number of halogens is 2. The van der Waals surface area contributed by atoms with E-state index in [0.717, 1.165) is 11.3 Å². The zero-order valence-electron chi connectivity index (χ0n) is 9.87. The molecule has 0 amide bonds. The van der Waals surface area contributed by atoms with Crippen LogP contribution >= 0.6 is 23.2 Å². The van der Waals surface area contributed by atoms with Crippen LogP contribution in [0.15, 0.2) is 24.5 Å². The predicted molar refractivity (Wildman–Crippen MR) is 73.1 cm³/mol. The summed E-state index contributed by atoms with van der Waals surface area (Å²) in [7, 11) is 1.51. The maximum atomic E-state index is 5.96. The van der Waals surface area contributed by atoms with Crippen LogP contribution in [0.3, 0.4) is 0 Å². The standard InChI is InChI=1S/C12H11Cl2N3O/c1-7-3-4-8(13)5-9(7)17-12-10(18-2)11(14)15-6-16-12/h3-6H,1-2H3,(H,15,16,17). The fraction of sp³-hybridized carbons (Fsp3) is 0.167. The first-order valence-corrected chi connectivity index (χ1v) is 5.95. The summed E-state index contributed by atoms with van der Waals surface area (Å²) in [5.74, 6) is 0.904. The molecule has 4 nitrogen and oxygen atoms in total. The van der Waals surface area contributed by atoms with E-state index in [-0.39, 0.29) is 5.15 Å². The second-order valence-electron chi connectivity index (χ2n) is 3.63. The number of aromatic nitrogens is 2. The summed E-state index contributed by atoms with van der Waals surface area (Å²) in [6, 6.07) is 5.55. The molecule has 0 atom stereocenters. The van der Waals surface area contributed by atoms with E-state index in [1.54, 1.807) is 0 Å². The Morgan fingerprint density at radius 3 is 2.72 bits per heavy atom. The van der Waals surface area contributed by atoms with Gasteiger partial charge < -0.3 is 10.1 Å². The van der Waals surface area contributed by atoms with Crippen molar-refractivity contribution in [2.24, 2.45) is 0 Å². The van der Waals surface area contributed by atoms with Crippen molar-refractivity contribution < 1.29 is 4.74 Å². The minimum Gasteiger partial charge on any atom is -0.490 e. The minimum atomic E-state index is 0.259. The number of aryl methyl sites for hydroxylation is 1. The first-order chi connectivity index (χ1) is 8.61. The number of nitrogens with zero attached hydrogens (tertiary/aromatic N) is 2. The third-order valence-corrected chi connectivity index (χ3v) is 2.92. The van der Waals surface area contributed by atoms with E-state index in [9.17, 15) is 0 Å². The summed E-state index contributed by atoms with van der Waals surface area (Å²) in [6.45, 7) is 1.97. The van der Waals surface area contributed by atoms with Gasteiger partial charge in [-0.2, -0.15) is 0 Å². The van der Waals surface area contributed by atoms with Gasteiger partial charge in [0.1, 0.15) is 6.33 Å². The maximum absolute atomic E-state index is 5.96. The minimum absolute atomic E-state index is 0.259. The number of nitrogens with one attached hydrogen (secondary N) is 1. The lowest BCUT2D eigenvalue weighted by atomic mass is 10.2. The van der Waals surface area contributed by atoms with Crippen LogP contribution in [0.2, 0.25) is 10.2 Å². The van der Waals surface area contributed by atoms with Gasteiger partial charge in [-0.25, -0.2) is 9.97 Å². The lowest BCUT2D eigenvalue weighted by molar-refractivity contribution is 0.413. The Balaban J connectivity index is 2.40. The molecule has 0 aliphatic rings. The van der Waals surface area contributed by atoms with Crippen molar-refractivity contribution >= 4 is 34.7 Å². The molecule has 0 aliphatic carbocycles. The van der Waals surface area contributed by atoms with Crippen LogP contribution in [0.25, 0.3) is 0 Å². The van der Waals surface area contributed by atoms with E-state index < -0.39 is 0 Å². The predicted octanol–water partition coefficient (Wildman–Crippen LogP) is 3.84. The van der Waals surface area contributed by atoms with Crippen LogP contribution in [-0.4, -0.2) is 17.1 Å². The number of ether oxygens (including phenoxy) is 1. The molecular weight excluding hydrogens is 273 g/mol. The Labute approximate surface area is 115 Å². The van der Waals surface area contributed by atoms with Gasteiger partial charge in [-0.3, -0.25) is 0 Å². The molecule has 2 aromatic rings. The quantitative estimate of drug-likeness (QED) is 0.870. The second kappa shape index (κ2) is 5.42. The molecule has 0 saturated heterocycles. The van der Waals surface area contributed by atoms with E-state index >= 15 is 0 Å². The molecule has 0 aliphatic heterocycles. The van der Waals surface area contributed by atoms with Crippen molar-refractivity contribution in [1.29, 1.82) is 0 Å². The number of hydrogen-bond donors (Lipinski definition) is 1. The molecule has 6 heteroatoms. The van der Waals surface area contributed by atoms with Gasteiger partial charge in [-0.1, -0.05) is 29.3 Å². The monoisotopic (exact) mass is 283 g/mol. The number of anilines is 2. The molecule has 1 aromatic heterocycles. The highest BCUT2D eigenvalue weighted by atomic mass is 35.5. The topological polar surface area (TPSA) is 47.0 Å². The summed E-state index contributed by atoms with van der Waals surface area (Å²) >= 11 is 11.9. The number of benzene rings is 1. The Kier molecular flexibility index (Phi) is 3.89. The second-order valence-corrected chi connectivity index (χ2v) is 4.43. The SMILES string of the molecule is COc1c(Cl)ncnc1Nc1cc(Cl)ccc1C. The summed E-state index contributed by atoms with van der Waals surface area (Å²) < 4.78 is 5.17. The molecule has 0 saturated carbocycles. The fourth-order valence-corrected chi connectivity index (χ4v) is 1.86. The third kappa shape index (κ3) is 2.66. The van der Waals surface area contributed by atoms with Gasteiger partial charge in [-0.15, -0.1) is 0 Å². The van der Waals surface area contributed by atoms with Crippen LogP contribution in [0, 0.1) is 6.92 Å². The molecule has 1 N–H and O–H groups in total. The largest absolute Gasteiger partial charge is 0.490 e. The van der Waals surface area contributed by atoms with E-state index in [1.165, 1.54) is 13.4 Å². The van der Waals surface area contributed by atoms with E-state index in [2.05, 4.69) is 15.3 Å². The summed E-state index contributed by atoms with van der Waals surface area (Å²) in [6.07, 6.45) is 1.37. The molecule has 0 radical (unpaired) electrons. The van der Waals surface area contributed by atoms with E-state index in [1.807, 2.05) is 25.1 Å². The van der Waals surface area contributed by atoms with Crippen molar-refractivity contribution in [3.05, 3.63) is 40.3 Å². The van der Waals surface area contributed by atoms with Crippen LogP contribution in [0.4, 0.5) is 11.5 Å². The van der Waals surface area contributed by atoms with Crippen molar-refractivity contribution in [1.82, 2.24) is 9.97 Å². The molecule has 0 spiro atoms. The lowest BCUT2D eigenvalue weighted by Crippen LogP contribution is -2.00. The summed E-state index contributed by atoms with van der Waals surface area (Å²) in [5.41, 5.74) is 1.88. The molecule has 0 bridgehead atoms. The molecule has 0 fully saturated rings. The average molecular weight is 284 g/mol. The van der Waals surface area contributed by atoms with Gasteiger partial charge in [0.05, 0.1) is 7.11 Å². The molecule has 2 rings (SSSR count). The first-order valence-electron chi connectivity index (χ1n) is 5.19. The highest BCUT2D eigenvalue weighted by Gasteiger charge is 2.11. The third-order valence-electron chi connectivity index (χ3n) is 2.42. The average Bonchev–Trinajstić information content (AvgIpc) is 2.34. The molecule has 0 unspecified atom stereocenters. The normalized spacial score (nSPS) is 10.2.